The predicted molar refractivity (Wildman–Crippen MR) is 78.4 cm³/mol. The van der Waals surface area contributed by atoms with Crippen LogP contribution in [0.2, 0.25) is 5.02 Å². The Bertz CT molecular complexity index is 567. The van der Waals surface area contributed by atoms with E-state index >= 15 is 0 Å². The SMILES string of the molecule is CC(Nc1cc(Cl)cc(C(F)(F)F)c1)C1CC2C=CC1C2. The van der Waals surface area contributed by atoms with Gasteiger partial charge in [0.05, 0.1) is 5.56 Å². The molecule has 2 aliphatic carbocycles. The first-order chi connectivity index (χ1) is 9.83. The fraction of sp³-hybridized carbons (Fsp3) is 0.500. The zero-order valence-electron chi connectivity index (χ0n) is 11.6. The molecule has 4 atom stereocenters. The Hall–Kier alpha value is -1.16. The van der Waals surface area contributed by atoms with E-state index in [4.69, 9.17) is 11.6 Å². The topological polar surface area (TPSA) is 12.0 Å². The van der Waals surface area contributed by atoms with Gasteiger partial charge in [-0.3, -0.25) is 0 Å². The van der Waals surface area contributed by atoms with Gasteiger partial charge in [-0.25, -0.2) is 0 Å². The molecule has 0 aromatic heterocycles. The van der Waals surface area contributed by atoms with E-state index in [1.807, 2.05) is 6.92 Å². The second-order valence-electron chi connectivity index (χ2n) is 6.10. The Morgan fingerprint density at radius 1 is 1.19 bits per heavy atom. The summed E-state index contributed by atoms with van der Waals surface area (Å²) in [6, 6.07) is 3.77. The average molecular weight is 316 g/mol. The molecule has 1 saturated carbocycles. The summed E-state index contributed by atoms with van der Waals surface area (Å²) in [5, 5.41) is 3.31. The summed E-state index contributed by atoms with van der Waals surface area (Å²) in [5.74, 6) is 1.68. The van der Waals surface area contributed by atoms with Crippen molar-refractivity contribution in [3.8, 4) is 0 Å². The first-order valence-electron chi connectivity index (χ1n) is 7.15. The fourth-order valence-corrected chi connectivity index (χ4v) is 3.84. The monoisotopic (exact) mass is 315 g/mol. The minimum Gasteiger partial charge on any atom is -0.382 e. The number of benzene rings is 1. The average Bonchev–Trinajstić information content (AvgIpc) is 2.99. The number of alkyl halides is 3. The van der Waals surface area contributed by atoms with E-state index in [1.54, 1.807) is 6.07 Å². The molecule has 0 aliphatic heterocycles. The lowest BCUT2D eigenvalue weighted by molar-refractivity contribution is -0.137. The van der Waals surface area contributed by atoms with Crippen LogP contribution in [0.4, 0.5) is 18.9 Å². The Kier molecular flexibility index (Phi) is 3.68. The minimum atomic E-state index is -4.38. The van der Waals surface area contributed by atoms with Crippen LogP contribution in [0.3, 0.4) is 0 Å². The van der Waals surface area contributed by atoms with Gasteiger partial charge in [0, 0.05) is 16.8 Å². The number of rotatable bonds is 3. The van der Waals surface area contributed by atoms with Crippen LogP contribution in [0.5, 0.6) is 0 Å². The first-order valence-corrected chi connectivity index (χ1v) is 7.53. The predicted octanol–water partition coefficient (Wildman–Crippen LogP) is 5.37. The highest BCUT2D eigenvalue weighted by atomic mass is 35.5. The third-order valence-corrected chi connectivity index (χ3v) is 4.81. The summed E-state index contributed by atoms with van der Waals surface area (Å²) in [6.07, 6.45) is 2.42. The highest BCUT2D eigenvalue weighted by Gasteiger charge is 2.38. The highest BCUT2D eigenvalue weighted by Crippen LogP contribution is 2.45. The number of nitrogens with one attached hydrogen (secondary N) is 1. The molecule has 1 aromatic carbocycles. The minimum absolute atomic E-state index is 0.104. The highest BCUT2D eigenvalue weighted by molar-refractivity contribution is 6.30. The molecule has 1 nitrogen and oxygen atoms in total. The van der Waals surface area contributed by atoms with E-state index < -0.39 is 11.7 Å². The van der Waals surface area contributed by atoms with Crippen LogP contribution in [0.15, 0.2) is 30.4 Å². The third kappa shape index (κ3) is 3.05. The van der Waals surface area contributed by atoms with Crippen LogP contribution in [0, 0.1) is 17.8 Å². The van der Waals surface area contributed by atoms with Crippen molar-refractivity contribution in [1.82, 2.24) is 0 Å². The van der Waals surface area contributed by atoms with Gasteiger partial charge >= 0.3 is 6.18 Å². The molecule has 3 rings (SSSR count). The maximum Gasteiger partial charge on any atom is 0.416 e. The third-order valence-electron chi connectivity index (χ3n) is 4.59. The largest absolute Gasteiger partial charge is 0.416 e. The Balaban J connectivity index is 1.75. The quantitative estimate of drug-likeness (QED) is 0.739. The van der Waals surface area contributed by atoms with Gasteiger partial charge in [-0.15, -0.1) is 0 Å². The molecular formula is C16H17ClF3N. The Labute approximate surface area is 127 Å². The van der Waals surface area contributed by atoms with Crippen LogP contribution in [-0.4, -0.2) is 6.04 Å². The van der Waals surface area contributed by atoms with E-state index in [-0.39, 0.29) is 11.1 Å². The van der Waals surface area contributed by atoms with E-state index in [2.05, 4.69) is 17.5 Å². The van der Waals surface area contributed by atoms with Gasteiger partial charge in [0.25, 0.3) is 0 Å². The van der Waals surface area contributed by atoms with Gasteiger partial charge in [0.1, 0.15) is 0 Å². The molecule has 0 radical (unpaired) electrons. The van der Waals surface area contributed by atoms with Gasteiger partial charge in [-0.05, 0) is 55.7 Å². The second-order valence-corrected chi connectivity index (χ2v) is 6.54. The molecule has 114 valence electrons. The molecule has 21 heavy (non-hydrogen) atoms. The molecule has 5 heteroatoms. The van der Waals surface area contributed by atoms with Gasteiger partial charge in [0.2, 0.25) is 0 Å². The maximum absolute atomic E-state index is 12.8. The summed E-state index contributed by atoms with van der Waals surface area (Å²) >= 11 is 5.81. The second kappa shape index (κ2) is 5.24. The standard InChI is InChI=1S/C16H17ClF3N/c1-9(15-5-10-2-3-11(15)4-10)21-14-7-12(16(18,19)20)6-13(17)8-14/h2-3,6-11,15,21H,4-5H2,1H3. The van der Waals surface area contributed by atoms with Crippen LogP contribution in [0.1, 0.15) is 25.3 Å². The number of hydrogen-bond acceptors (Lipinski definition) is 1. The summed E-state index contributed by atoms with van der Waals surface area (Å²) < 4.78 is 38.4. The van der Waals surface area contributed by atoms with Crippen molar-refractivity contribution in [2.75, 3.05) is 5.32 Å². The molecule has 1 fully saturated rings. The molecule has 4 unspecified atom stereocenters. The molecule has 1 N–H and O–H groups in total. The van der Waals surface area contributed by atoms with Crippen LogP contribution in [0.25, 0.3) is 0 Å². The van der Waals surface area contributed by atoms with Crippen LogP contribution in [-0.2, 0) is 6.18 Å². The summed E-state index contributed by atoms with van der Waals surface area (Å²) in [7, 11) is 0. The molecular weight excluding hydrogens is 299 g/mol. The lowest BCUT2D eigenvalue weighted by Gasteiger charge is -2.27. The summed E-state index contributed by atoms with van der Waals surface area (Å²) in [5.41, 5.74) is -0.272. The van der Waals surface area contributed by atoms with Crippen LogP contribution >= 0.6 is 11.6 Å². The van der Waals surface area contributed by atoms with E-state index in [9.17, 15) is 13.2 Å². The van der Waals surface area contributed by atoms with Gasteiger partial charge in [0.15, 0.2) is 0 Å². The smallest absolute Gasteiger partial charge is 0.382 e. The number of fused-ring (bicyclic) bond motifs is 2. The fourth-order valence-electron chi connectivity index (χ4n) is 3.60. The van der Waals surface area contributed by atoms with Gasteiger partial charge < -0.3 is 5.32 Å². The normalized spacial score (nSPS) is 28.9. The molecule has 2 bridgehead atoms. The summed E-state index contributed by atoms with van der Waals surface area (Å²) in [6.45, 7) is 2.04. The molecule has 0 amide bonds. The summed E-state index contributed by atoms with van der Waals surface area (Å²) in [4.78, 5) is 0. The molecule has 1 aromatic rings. The van der Waals surface area contributed by atoms with Crippen molar-refractivity contribution in [2.45, 2.75) is 32.0 Å². The van der Waals surface area contributed by atoms with Gasteiger partial charge in [-0.1, -0.05) is 23.8 Å². The molecule has 0 saturated heterocycles. The van der Waals surface area contributed by atoms with Crippen LogP contribution < -0.4 is 5.32 Å². The van der Waals surface area contributed by atoms with Crippen molar-refractivity contribution in [1.29, 1.82) is 0 Å². The zero-order chi connectivity index (χ0) is 15.2. The lowest BCUT2D eigenvalue weighted by Crippen LogP contribution is -2.28. The molecule has 0 spiro atoms. The number of allylic oxidation sites excluding steroid dienone is 2. The van der Waals surface area contributed by atoms with Gasteiger partial charge in [-0.2, -0.15) is 13.2 Å². The lowest BCUT2D eigenvalue weighted by atomic mass is 9.87. The maximum atomic E-state index is 12.8. The number of halogens is 4. The number of hydrogen-bond donors (Lipinski definition) is 1. The Morgan fingerprint density at radius 3 is 2.52 bits per heavy atom. The van der Waals surface area contributed by atoms with E-state index in [0.29, 0.717) is 23.4 Å². The van der Waals surface area contributed by atoms with Crippen molar-refractivity contribution < 1.29 is 13.2 Å². The first kappa shape index (κ1) is 14.8. The van der Waals surface area contributed by atoms with E-state index in [0.717, 1.165) is 18.6 Å². The van der Waals surface area contributed by atoms with Crippen molar-refractivity contribution in [3.05, 3.63) is 40.9 Å². The molecule has 0 heterocycles. The molecule has 2 aliphatic rings. The number of anilines is 1. The zero-order valence-corrected chi connectivity index (χ0v) is 12.4. The van der Waals surface area contributed by atoms with Crippen molar-refractivity contribution in [2.24, 2.45) is 17.8 Å². The van der Waals surface area contributed by atoms with Crippen molar-refractivity contribution in [3.63, 3.8) is 0 Å². The van der Waals surface area contributed by atoms with Crippen molar-refractivity contribution >= 4 is 17.3 Å². The van der Waals surface area contributed by atoms with E-state index in [1.165, 1.54) is 6.42 Å². The Morgan fingerprint density at radius 2 is 1.95 bits per heavy atom.